The number of amides is 4. The standard InChI is InChI=1S/C15H18ClN3O3/c16-7-3-8-17-15(22)18-9-4-10-19-13(20)11-5-1-2-6-12(11)14(19)21/h1-2,5-6H,3-4,7-10H2,(H2,17,18,22). The van der Waals surface area contributed by atoms with Crippen LogP contribution in [0.4, 0.5) is 4.79 Å². The van der Waals surface area contributed by atoms with Crippen LogP contribution in [0.15, 0.2) is 24.3 Å². The van der Waals surface area contributed by atoms with Gasteiger partial charge in [0.15, 0.2) is 0 Å². The monoisotopic (exact) mass is 323 g/mol. The lowest BCUT2D eigenvalue weighted by Crippen LogP contribution is -2.38. The molecule has 0 fully saturated rings. The second kappa shape index (κ2) is 7.79. The lowest BCUT2D eigenvalue weighted by molar-refractivity contribution is 0.0653. The number of carbonyl (C=O) groups is 3. The number of urea groups is 1. The maximum atomic E-state index is 12.1. The lowest BCUT2D eigenvalue weighted by atomic mass is 10.1. The number of fused-ring (bicyclic) bond motifs is 1. The molecule has 2 rings (SSSR count). The number of hydrogen-bond donors (Lipinski definition) is 2. The summed E-state index contributed by atoms with van der Waals surface area (Å²) < 4.78 is 0. The van der Waals surface area contributed by atoms with E-state index in [1.165, 1.54) is 4.90 Å². The Labute approximate surface area is 133 Å². The average Bonchev–Trinajstić information content (AvgIpc) is 2.77. The van der Waals surface area contributed by atoms with Crippen LogP contribution in [0.3, 0.4) is 0 Å². The third-order valence-corrected chi connectivity index (χ3v) is 3.59. The van der Waals surface area contributed by atoms with E-state index < -0.39 is 0 Å². The first-order valence-corrected chi connectivity index (χ1v) is 7.71. The molecule has 0 saturated heterocycles. The Hall–Kier alpha value is -2.08. The zero-order valence-corrected chi connectivity index (χ0v) is 12.9. The summed E-state index contributed by atoms with van der Waals surface area (Å²) in [6.45, 7) is 1.20. The van der Waals surface area contributed by atoms with Crippen LogP contribution in [-0.2, 0) is 0 Å². The van der Waals surface area contributed by atoms with Gasteiger partial charge in [0.2, 0.25) is 0 Å². The van der Waals surface area contributed by atoms with E-state index >= 15 is 0 Å². The fourth-order valence-electron chi connectivity index (χ4n) is 2.21. The van der Waals surface area contributed by atoms with E-state index in [0.717, 1.165) is 0 Å². The van der Waals surface area contributed by atoms with Gasteiger partial charge in [-0.3, -0.25) is 14.5 Å². The second-order valence-corrected chi connectivity index (χ2v) is 5.26. The van der Waals surface area contributed by atoms with Gasteiger partial charge in [-0.25, -0.2) is 4.79 Å². The molecule has 0 radical (unpaired) electrons. The summed E-state index contributed by atoms with van der Waals surface area (Å²) in [6, 6.07) is 6.50. The Bertz CT molecular complexity index is 542. The van der Waals surface area contributed by atoms with E-state index in [9.17, 15) is 14.4 Å². The molecule has 4 amide bonds. The molecule has 1 aliphatic rings. The fraction of sp³-hybridized carbons (Fsp3) is 0.400. The second-order valence-electron chi connectivity index (χ2n) is 4.89. The van der Waals surface area contributed by atoms with E-state index in [-0.39, 0.29) is 24.4 Å². The molecule has 1 aliphatic heterocycles. The molecule has 118 valence electrons. The van der Waals surface area contributed by atoms with Crippen LogP contribution in [0.2, 0.25) is 0 Å². The zero-order valence-electron chi connectivity index (χ0n) is 12.1. The van der Waals surface area contributed by atoms with Crippen molar-refractivity contribution >= 4 is 29.4 Å². The van der Waals surface area contributed by atoms with E-state index in [1.807, 2.05) is 0 Å². The first-order chi connectivity index (χ1) is 10.6. The van der Waals surface area contributed by atoms with Gasteiger partial charge in [0.25, 0.3) is 11.8 Å². The number of halogens is 1. The number of nitrogens with one attached hydrogen (secondary N) is 2. The molecule has 0 aliphatic carbocycles. The number of carbonyl (C=O) groups excluding carboxylic acids is 3. The van der Waals surface area contributed by atoms with Gasteiger partial charge in [-0.1, -0.05) is 12.1 Å². The first-order valence-electron chi connectivity index (χ1n) is 7.18. The average molecular weight is 324 g/mol. The van der Waals surface area contributed by atoms with Crippen LogP contribution < -0.4 is 10.6 Å². The van der Waals surface area contributed by atoms with Gasteiger partial charge in [-0.15, -0.1) is 11.6 Å². The minimum absolute atomic E-state index is 0.271. The van der Waals surface area contributed by atoms with Crippen molar-refractivity contribution < 1.29 is 14.4 Å². The minimum atomic E-state index is -0.271. The Morgan fingerprint density at radius 1 is 1.00 bits per heavy atom. The van der Waals surface area contributed by atoms with Crippen LogP contribution in [0, 0.1) is 0 Å². The molecule has 0 bridgehead atoms. The molecule has 2 N–H and O–H groups in total. The first kappa shape index (κ1) is 16.3. The fourth-order valence-corrected chi connectivity index (χ4v) is 2.35. The molecule has 0 unspecified atom stereocenters. The number of benzene rings is 1. The van der Waals surface area contributed by atoms with Gasteiger partial charge in [0.05, 0.1) is 11.1 Å². The maximum absolute atomic E-state index is 12.1. The molecular weight excluding hydrogens is 306 g/mol. The van der Waals surface area contributed by atoms with Gasteiger partial charge >= 0.3 is 6.03 Å². The largest absolute Gasteiger partial charge is 0.338 e. The molecule has 7 heteroatoms. The molecule has 0 spiro atoms. The van der Waals surface area contributed by atoms with Crippen molar-refractivity contribution in [3.05, 3.63) is 35.4 Å². The zero-order chi connectivity index (χ0) is 15.9. The molecule has 22 heavy (non-hydrogen) atoms. The van der Waals surface area contributed by atoms with Gasteiger partial charge in [-0.2, -0.15) is 0 Å². The maximum Gasteiger partial charge on any atom is 0.314 e. The molecule has 0 saturated carbocycles. The quantitative estimate of drug-likeness (QED) is 0.454. The Morgan fingerprint density at radius 3 is 2.09 bits per heavy atom. The number of nitrogens with zero attached hydrogens (tertiary/aromatic N) is 1. The van der Waals surface area contributed by atoms with Crippen molar-refractivity contribution in [1.29, 1.82) is 0 Å². The summed E-state index contributed by atoms with van der Waals surface area (Å²) in [6.07, 6.45) is 1.22. The van der Waals surface area contributed by atoms with Crippen LogP contribution in [-0.4, -0.2) is 48.3 Å². The van der Waals surface area contributed by atoms with Gasteiger partial charge in [0.1, 0.15) is 0 Å². The number of hydrogen-bond acceptors (Lipinski definition) is 3. The molecule has 0 aromatic heterocycles. The third-order valence-electron chi connectivity index (χ3n) is 3.32. The third kappa shape index (κ3) is 3.76. The van der Waals surface area contributed by atoms with Gasteiger partial charge in [-0.05, 0) is 25.0 Å². The van der Waals surface area contributed by atoms with Crippen LogP contribution >= 0.6 is 11.6 Å². The highest BCUT2D eigenvalue weighted by Crippen LogP contribution is 2.22. The smallest absolute Gasteiger partial charge is 0.314 e. The number of alkyl halides is 1. The van der Waals surface area contributed by atoms with Crippen LogP contribution in [0.25, 0.3) is 0 Å². The van der Waals surface area contributed by atoms with E-state index in [2.05, 4.69) is 10.6 Å². The summed E-state index contributed by atoms with van der Waals surface area (Å²) in [5, 5.41) is 5.34. The van der Waals surface area contributed by atoms with E-state index in [0.29, 0.717) is 42.9 Å². The van der Waals surface area contributed by atoms with Crippen molar-refractivity contribution in [2.75, 3.05) is 25.5 Å². The molecule has 1 aromatic carbocycles. The predicted molar refractivity (Wildman–Crippen MR) is 83.2 cm³/mol. The van der Waals surface area contributed by atoms with Crippen LogP contribution in [0.1, 0.15) is 33.6 Å². The van der Waals surface area contributed by atoms with Crippen molar-refractivity contribution in [3.63, 3.8) is 0 Å². The number of rotatable bonds is 7. The van der Waals surface area contributed by atoms with Gasteiger partial charge in [0, 0.05) is 25.5 Å². The Balaban J connectivity index is 1.74. The Kier molecular flexibility index (Phi) is 5.77. The lowest BCUT2D eigenvalue weighted by Gasteiger charge is -2.14. The highest BCUT2D eigenvalue weighted by atomic mass is 35.5. The van der Waals surface area contributed by atoms with Crippen LogP contribution in [0.5, 0.6) is 0 Å². The molecule has 1 aromatic rings. The molecular formula is C15H18ClN3O3. The highest BCUT2D eigenvalue weighted by Gasteiger charge is 2.34. The van der Waals surface area contributed by atoms with Crippen molar-refractivity contribution in [2.45, 2.75) is 12.8 Å². The minimum Gasteiger partial charge on any atom is -0.338 e. The normalized spacial score (nSPS) is 13.2. The highest BCUT2D eigenvalue weighted by molar-refractivity contribution is 6.21. The topological polar surface area (TPSA) is 78.5 Å². The summed E-state index contributed by atoms with van der Waals surface area (Å²) in [4.78, 5) is 36.8. The van der Waals surface area contributed by atoms with Gasteiger partial charge < -0.3 is 10.6 Å². The predicted octanol–water partition coefficient (Wildman–Crippen LogP) is 1.60. The summed E-state index contributed by atoms with van der Waals surface area (Å²) in [5.74, 6) is -0.0423. The molecule has 6 nitrogen and oxygen atoms in total. The summed E-state index contributed by atoms with van der Waals surface area (Å²) in [5.41, 5.74) is 0.888. The Morgan fingerprint density at radius 2 is 1.55 bits per heavy atom. The summed E-state index contributed by atoms with van der Waals surface area (Å²) in [7, 11) is 0. The van der Waals surface area contributed by atoms with E-state index in [1.54, 1.807) is 24.3 Å². The van der Waals surface area contributed by atoms with E-state index in [4.69, 9.17) is 11.6 Å². The summed E-state index contributed by atoms with van der Waals surface area (Å²) >= 11 is 5.51. The van der Waals surface area contributed by atoms with Crippen molar-refractivity contribution in [1.82, 2.24) is 15.5 Å². The number of imide groups is 1. The van der Waals surface area contributed by atoms with Crippen molar-refractivity contribution in [3.8, 4) is 0 Å². The SMILES string of the molecule is O=C(NCCCCl)NCCCN1C(=O)c2ccccc2C1=O. The molecule has 1 heterocycles. The molecule has 0 atom stereocenters. The van der Waals surface area contributed by atoms with Crippen molar-refractivity contribution in [2.24, 2.45) is 0 Å².